The first kappa shape index (κ1) is 27.2. The van der Waals surface area contributed by atoms with Gasteiger partial charge in [0.05, 0.1) is 17.3 Å². The van der Waals surface area contributed by atoms with E-state index in [1.165, 1.54) is 31.3 Å². The van der Waals surface area contributed by atoms with E-state index in [-0.39, 0.29) is 50.3 Å². The second-order valence-corrected chi connectivity index (χ2v) is 9.45. The molecule has 40 heavy (non-hydrogen) atoms. The molecule has 0 fully saturated rings. The molecular weight excluding hydrogens is 569 g/mol. The van der Waals surface area contributed by atoms with Gasteiger partial charge in [-0.05, 0) is 30.3 Å². The summed E-state index contributed by atoms with van der Waals surface area (Å²) in [5.74, 6) is -6.57. The molecule has 0 saturated heterocycles. The predicted octanol–water partition coefficient (Wildman–Crippen LogP) is 3.14. The quantitative estimate of drug-likeness (QED) is 0.256. The van der Waals surface area contributed by atoms with Crippen LogP contribution in [-0.2, 0) is 21.5 Å². The Morgan fingerprint density at radius 3 is 2.62 bits per heavy atom. The van der Waals surface area contributed by atoms with E-state index in [1.807, 2.05) is 0 Å². The average Bonchev–Trinajstić information content (AvgIpc) is 3.52. The number of anilines is 2. The molecule has 1 atom stereocenters. The zero-order valence-corrected chi connectivity index (χ0v) is 21.2. The zero-order chi connectivity index (χ0) is 29.2. The van der Waals surface area contributed by atoms with Crippen molar-refractivity contribution in [1.29, 1.82) is 0 Å². The highest BCUT2D eigenvalue weighted by Gasteiger charge is 2.57. The van der Waals surface area contributed by atoms with Crippen LogP contribution in [0, 0.1) is 0 Å². The normalized spacial score (nSPS) is 17.2. The van der Waals surface area contributed by atoms with E-state index in [4.69, 9.17) is 22.2 Å². The van der Waals surface area contributed by atoms with Crippen LogP contribution in [-0.4, -0.2) is 58.9 Å². The van der Waals surface area contributed by atoms with Gasteiger partial charge in [-0.3, -0.25) is 9.48 Å². The molecule has 12 nitrogen and oxygen atoms in total. The van der Waals surface area contributed by atoms with Gasteiger partial charge in [0.25, 0.3) is 0 Å². The molecule has 0 bridgehead atoms. The van der Waals surface area contributed by atoms with Crippen molar-refractivity contribution in [2.24, 2.45) is 0 Å². The Morgan fingerprint density at radius 1 is 1.23 bits per heavy atom. The third kappa shape index (κ3) is 4.35. The van der Waals surface area contributed by atoms with E-state index in [0.717, 1.165) is 16.5 Å². The van der Waals surface area contributed by atoms with Crippen molar-refractivity contribution < 1.29 is 36.4 Å². The van der Waals surface area contributed by atoms with Gasteiger partial charge in [0.15, 0.2) is 5.82 Å². The number of nitrogen functional groups attached to an aromatic ring is 1. The van der Waals surface area contributed by atoms with E-state index in [0.29, 0.717) is 0 Å². The maximum Gasteiger partial charge on any atom is 0.453 e. The van der Waals surface area contributed by atoms with Crippen LogP contribution in [0.2, 0.25) is 5.02 Å². The maximum absolute atomic E-state index is 13.6. The molecule has 4 heterocycles. The summed E-state index contributed by atoms with van der Waals surface area (Å²) in [5.41, 5.74) is 5.04. The Labute approximate surface area is 225 Å². The second-order valence-electron chi connectivity index (χ2n) is 9.01. The van der Waals surface area contributed by atoms with Crippen molar-refractivity contribution >= 4 is 46.0 Å². The Morgan fingerprint density at radius 2 is 1.95 bits per heavy atom. The summed E-state index contributed by atoms with van der Waals surface area (Å²) >= 11 is 6.04. The number of halogens is 6. The standard InChI is InChI=1S/C22H17ClF5N9O3/c1-9(38)40-37-8-13(33-35-37)20(2)14-16(29)30-18(31-17(14)32-19(20)39)15-11-4-3-10(23)7-12(11)36(34-15)6-5-21(24,25)22(26,27)28/h3-4,7-8H,5-6H2,1-2H3,(H3,29,30,31,32,39). The number of carbonyl (C=O) groups is 2. The highest BCUT2D eigenvalue weighted by molar-refractivity contribution is 6.31. The van der Waals surface area contributed by atoms with Crippen molar-refractivity contribution in [3.05, 3.63) is 40.7 Å². The van der Waals surface area contributed by atoms with Crippen molar-refractivity contribution in [1.82, 2.24) is 34.9 Å². The molecular formula is C22H17ClF5N9O3. The minimum absolute atomic E-state index is 0.000136. The fourth-order valence-electron chi connectivity index (χ4n) is 4.28. The van der Waals surface area contributed by atoms with Gasteiger partial charge in [0, 0.05) is 30.3 Å². The van der Waals surface area contributed by atoms with E-state index in [1.54, 1.807) is 0 Å². The van der Waals surface area contributed by atoms with Gasteiger partial charge in [-0.1, -0.05) is 16.4 Å². The number of benzene rings is 1. The lowest BCUT2D eigenvalue weighted by atomic mass is 9.81. The van der Waals surface area contributed by atoms with E-state index in [2.05, 4.69) is 30.7 Å². The minimum Gasteiger partial charge on any atom is -0.383 e. The Kier molecular flexibility index (Phi) is 6.16. The van der Waals surface area contributed by atoms with Crippen molar-refractivity contribution in [2.45, 2.75) is 44.3 Å². The predicted molar refractivity (Wildman–Crippen MR) is 128 cm³/mol. The molecule has 1 aliphatic rings. The molecule has 5 rings (SSSR count). The number of amides is 1. The molecule has 210 valence electrons. The minimum atomic E-state index is -5.73. The van der Waals surface area contributed by atoms with Crippen LogP contribution in [0.15, 0.2) is 24.4 Å². The number of fused-ring (bicyclic) bond motifs is 2. The number of nitrogens with two attached hydrogens (primary N) is 1. The topological polar surface area (TPSA) is 156 Å². The number of rotatable bonds is 6. The Hall–Kier alpha value is -4.41. The number of nitrogens with one attached hydrogen (secondary N) is 1. The lowest BCUT2D eigenvalue weighted by Gasteiger charge is -2.19. The zero-order valence-electron chi connectivity index (χ0n) is 20.4. The van der Waals surface area contributed by atoms with Crippen molar-refractivity contribution in [2.75, 3.05) is 11.1 Å². The van der Waals surface area contributed by atoms with Crippen molar-refractivity contribution in [3.63, 3.8) is 0 Å². The first-order valence-electron chi connectivity index (χ1n) is 11.3. The number of nitrogens with zero attached hydrogens (tertiary/aromatic N) is 7. The summed E-state index contributed by atoms with van der Waals surface area (Å²) in [6, 6.07) is 4.29. The van der Waals surface area contributed by atoms with Gasteiger partial charge in [-0.25, -0.2) is 14.8 Å². The third-order valence-electron chi connectivity index (χ3n) is 6.31. The molecule has 1 aromatic carbocycles. The van der Waals surface area contributed by atoms with Crippen LogP contribution in [0.5, 0.6) is 0 Å². The average molecular weight is 586 g/mol. The molecule has 1 amide bonds. The summed E-state index contributed by atoms with van der Waals surface area (Å²) in [5, 5.41) is 14.8. The van der Waals surface area contributed by atoms with E-state index >= 15 is 0 Å². The largest absolute Gasteiger partial charge is 0.453 e. The highest BCUT2D eigenvalue weighted by Crippen LogP contribution is 2.45. The molecule has 0 radical (unpaired) electrons. The number of carbonyl (C=O) groups excluding carboxylic acids is 2. The molecule has 0 saturated carbocycles. The summed E-state index contributed by atoms with van der Waals surface area (Å²) in [6.45, 7) is 1.81. The monoisotopic (exact) mass is 585 g/mol. The van der Waals surface area contributed by atoms with Crippen LogP contribution >= 0.6 is 11.6 Å². The van der Waals surface area contributed by atoms with Crippen LogP contribution in [0.4, 0.5) is 33.6 Å². The Bertz CT molecular complexity index is 1690. The molecule has 3 aromatic heterocycles. The van der Waals surface area contributed by atoms with Gasteiger partial charge in [-0.15, -0.1) is 5.10 Å². The van der Waals surface area contributed by atoms with Crippen LogP contribution in [0.3, 0.4) is 0 Å². The van der Waals surface area contributed by atoms with Crippen molar-refractivity contribution in [3.8, 4) is 11.5 Å². The van der Waals surface area contributed by atoms with Gasteiger partial charge in [-0.2, -0.15) is 27.1 Å². The SMILES string of the molecule is CC(=O)On1cc(C2(C)C(=O)Nc3nc(-c4nn(CCC(F)(F)C(F)(F)F)c5cc(Cl)ccc45)nc(N)c32)nn1. The second kappa shape index (κ2) is 9.07. The van der Waals surface area contributed by atoms with Crippen LogP contribution < -0.4 is 15.9 Å². The third-order valence-corrected chi connectivity index (χ3v) is 6.54. The van der Waals surface area contributed by atoms with Gasteiger partial charge in [0.2, 0.25) is 5.91 Å². The molecule has 18 heteroatoms. The summed E-state index contributed by atoms with van der Waals surface area (Å²) in [4.78, 5) is 38.5. The summed E-state index contributed by atoms with van der Waals surface area (Å²) in [6.07, 6.45) is -6.10. The number of aromatic nitrogens is 7. The number of hydrogen-bond donors (Lipinski definition) is 2. The molecule has 1 unspecified atom stereocenters. The fourth-order valence-corrected chi connectivity index (χ4v) is 4.45. The Balaban J connectivity index is 1.57. The number of hydrogen-bond acceptors (Lipinski definition) is 9. The molecule has 4 aromatic rings. The number of alkyl halides is 5. The fraction of sp³-hybridized carbons (Fsp3) is 0.318. The highest BCUT2D eigenvalue weighted by atomic mass is 35.5. The smallest absolute Gasteiger partial charge is 0.383 e. The van der Waals surface area contributed by atoms with Gasteiger partial charge < -0.3 is 15.9 Å². The first-order valence-corrected chi connectivity index (χ1v) is 11.7. The molecule has 0 spiro atoms. The van der Waals surface area contributed by atoms with Gasteiger partial charge >= 0.3 is 18.1 Å². The summed E-state index contributed by atoms with van der Waals surface area (Å²) < 4.78 is 66.4. The van der Waals surface area contributed by atoms with E-state index < -0.39 is 42.4 Å². The summed E-state index contributed by atoms with van der Waals surface area (Å²) in [7, 11) is 0. The van der Waals surface area contributed by atoms with Crippen LogP contribution in [0.1, 0.15) is 31.5 Å². The first-order chi connectivity index (χ1) is 18.6. The van der Waals surface area contributed by atoms with Gasteiger partial charge in [0.1, 0.15) is 28.4 Å². The van der Waals surface area contributed by atoms with Crippen LogP contribution in [0.25, 0.3) is 22.4 Å². The molecule has 3 N–H and O–H groups in total. The lowest BCUT2D eigenvalue weighted by molar-refractivity contribution is -0.285. The van der Waals surface area contributed by atoms with E-state index in [9.17, 15) is 31.5 Å². The maximum atomic E-state index is 13.6. The lowest BCUT2D eigenvalue weighted by Crippen LogP contribution is -2.37. The molecule has 1 aliphatic heterocycles. The number of aryl methyl sites for hydroxylation is 1. The molecule has 0 aliphatic carbocycles.